The normalized spacial score (nSPS) is 17.5. The molecule has 0 aromatic heterocycles. The van der Waals surface area contributed by atoms with E-state index < -0.39 is 12.5 Å². The Morgan fingerprint density at radius 3 is 2.05 bits per heavy atom. The fourth-order valence-corrected chi connectivity index (χ4v) is 2.24. The largest absolute Gasteiger partial charge is 0.314 e. The summed E-state index contributed by atoms with van der Waals surface area (Å²) in [7, 11) is 0. The fourth-order valence-electron chi connectivity index (χ4n) is 2.24. The van der Waals surface area contributed by atoms with E-state index in [1.54, 1.807) is 0 Å². The Kier molecular flexibility index (Phi) is 8.50. The highest BCUT2D eigenvalue weighted by Gasteiger charge is 2.29. The van der Waals surface area contributed by atoms with Gasteiger partial charge in [-0.2, -0.15) is 0 Å². The van der Waals surface area contributed by atoms with E-state index in [-0.39, 0.29) is 24.8 Å². The smallest absolute Gasteiger partial charge is 0.258 e. The van der Waals surface area contributed by atoms with Crippen molar-refractivity contribution in [3.8, 4) is 0 Å². The second-order valence-electron chi connectivity index (χ2n) is 4.48. The summed E-state index contributed by atoms with van der Waals surface area (Å²) in [6.45, 7) is 4.90. The molecule has 1 fully saturated rings. The van der Waals surface area contributed by atoms with E-state index in [4.69, 9.17) is 0 Å². The second kappa shape index (κ2) is 8.69. The monoisotopic (exact) mass is 312 g/mol. The summed E-state index contributed by atoms with van der Waals surface area (Å²) in [4.78, 5) is 1.87. The summed E-state index contributed by atoms with van der Waals surface area (Å²) in [5, 5.41) is 3.18. The first kappa shape index (κ1) is 18.6. The van der Waals surface area contributed by atoms with Crippen molar-refractivity contribution in [1.82, 2.24) is 10.2 Å². The molecule has 6 heteroatoms. The lowest BCUT2D eigenvalue weighted by atomic mass is 10.0. The van der Waals surface area contributed by atoms with Gasteiger partial charge in [0, 0.05) is 26.2 Å². The van der Waals surface area contributed by atoms with E-state index >= 15 is 0 Å². The van der Waals surface area contributed by atoms with Gasteiger partial charge in [-0.3, -0.25) is 4.90 Å². The number of nitrogens with zero attached hydrogens (tertiary/aromatic N) is 1. The molecule has 2 nitrogen and oxygen atoms in total. The minimum absolute atomic E-state index is 0. The van der Waals surface area contributed by atoms with Crippen LogP contribution in [0, 0.1) is 6.92 Å². The van der Waals surface area contributed by atoms with Gasteiger partial charge < -0.3 is 5.32 Å². The average molecular weight is 313 g/mol. The molecule has 1 atom stereocenters. The van der Waals surface area contributed by atoms with E-state index in [0.29, 0.717) is 18.7 Å². The molecule has 2 rings (SSSR count). The minimum Gasteiger partial charge on any atom is -0.314 e. The Morgan fingerprint density at radius 2 is 1.58 bits per heavy atom. The van der Waals surface area contributed by atoms with Crippen molar-refractivity contribution in [2.75, 3.05) is 26.2 Å². The Labute approximate surface area is 125 Å². The number of piperazine rings is 1. The van der Waals surface area contributed by atoms with Gasteiger partial charge in [0.25, 0.3) is 6.43 Å². The van der Waals surface area contributed by atoms with Gasteiger partial charge in [-0.1, -0.05) is 29.8 Å². The van der Waals surface area contributed by atoms with Crippen LogP contribution in [0.15, 0.2) is 24.3 Å². The molecule has 0 aliphatic carbocycles. The van der Waals surface area contributed by atoms with E-state index in [2.05, 4.69) is 5.32 Å². The molecule has 1 aliphatic rings. The van der Waals surface area contributed by atoms with Gasteiger partial charge in [0.1, 0.15) is 0 Å². The first-order valence-corrected chi connectivity index (χ1v) is 5.98. The lowest BCUT2D eigenvalue weighted by Gasteiger charge is -2.34. The summed E-state index contributed by atoms with van der Waals surface area (Å²) >= 11 is 0. The Hall–Kier alpha value is -0.420. The summed E-state index contributed by atoms with van der Waals surface area (Å²) in [5.41, 5.74) is 1.81. The van der Waals surface area contributed by atoms with Gasteiger partial charge in [-0.25, -0.2) is 8.78 Å². The zero-order chi connectivity index (χ0) is 12.3. The third-order valence-electron chi connectivity index (χ3n) is 3.20. The minimum atomic E-state index is -2.34. The van der Waals surface area contributed by atoms with Crippen LogP contribution in [0.1, 0.15) is 17.2 Å². The van der Waals surface area contributed by atoms with Crippen LogP contribution in [-0.2, 0) is 0 Å². The summed E-state index contributed by atoms with van der Waals surface area (Å²) in [6, 6.07) is 6.65. The quantitative estimate of drug-likeness (QED) is 0.923. The van der Waals surface area contributed by atoms with Gasteiger partial charge in [-0.05, 0) is 12.5 Å². The van der Waals surface area contributed by atoms with E-state index in [1.807, 2.05) is 36.1 Å². The molecule has 0 bridgehead atoms. The van der Waals surface area contributed by atoms with Crippen LogP contribution in [-0.4, -0.2) is 37.5 Å². The third-order valence-corrected chi connectivity index (χ3v) is 3.20. The first-order valence-electron chi connectivity index (χ1n) is 5.98. The molecule has 0 unspecified atom stereocenters. The highest BCUT2D eigenvalue weighted by atomic mass is 35.5. The van der Waals surface area contributed by atoms with Crippen molar-refractivity contribution in [3.05, 3.63) is 35.4 Å². The predicted octanol–water partition coefficient (Wildman–Crippen LogP) is 3.05. The van der Waals surface area contributed by atoms with Crippen molar-refractivity contribution >= 4 is 24.8 Å². The van der Waals surface area contributed by atoms with Crippen LogP contribution in [0.4, 0.5) is 8.78 Å². The molecule has 1 aromatic carbocycles. The van der Waals surface area contributed by atoms with Gasteiger partial charge in [0.2, 0.25) is 0 Å². The Morgan fingerprint density at radius 1 is 1.05 bits per heavy atom. The lowest BCUT2D eigenvalue weighted by Crippen LogP contribution is -2.46. The van der Waals surface area contributed by atoms with Crippen molar-refractivity contribution < 1.29 is 8.78 Å². The SMILES string of the molecule is Cc1ccc([C@@H](C(F)F)N2CCNCC2)cc1.Cl.Cl. The first-order chi connectivity index (χ1) is 8.18. The third kappa shape index (κ3) is 4.88. The molecule has 1 aliphatic heterocycles. The number of halogens is 4. The highest BCUT2D eigenvalue weighted by Crippen LogP contribution is 2.27. The number of hydrogen-bond acceptors (Lipinski definition) is 2. The molecule has 1 heterocycles. The molecule has 1 aromatic rings. The topological polar surface area (TPSA) is 15.3 Å². The summed E-state index contributed by atoms with van der Waals surface area (Å²) in [6.07, 6.45) is -2.34. The zero-order valence-corrected chi connectivity index (χ0v) is 12.4. The van der Waals surface area contributed by atoms with Crippen LogP contribution in [0.5, 0.6) is 0 Å². The van der Waals surface area contributed by atoms with Gasteiger partial charge in [0.05, 0.1) is 6.04 Å². The number of alkyl halides is 2. The van der Waals surface area contributed by atoms with Crippen molar-refractivity contribution in [2.45, 2.75) is 19.4 Å². The number of hydrogen-bond donors (Lipinski definition) is 1. The highest BCUT2D eigenvalue weighted by molar-refractivity contribution is 5.85. The lowest BCUT2D eigenvalue weighted by molar-refractivity contribution is 0.0182. The molecular formula is C13H20Cl2F2N2. The van der Waals surface area contributed by atoms with Gasteiger partial charge in [-0.15, -0.1) is 24.8 Å². The summed E-state index contributed by atoms with van der Waals surface area (Å²) in [5.74, 6) is 0. The Bertz CT molecular complexity index is 354. The summed E-state index contributed by atoms with van der Waals surface area (Å²) < 4.78 is 26.4. The predicted molar refractivity (Wildman–Crippen MR) is 78.9 cm³/mol. The van der Waals surface area contributed by atoms with Crippen molar-refractivity contribution in [2.24, 2.45) is 0 Å². The number of aryl methyl sites for hydroxylation is 1. The molecule has 0 radical (unpaired) electrons. The van der Waals surface area contributed by atoms with Crippen LogP contribution in [0.2, 0.25) is 0 Å². The molecule has 0 amide bonds. The molecule has 110 valence electrons. The van der Waals surface area contributed by atoms with Gasteiger partial charge >= 0.3 is 0 Å². The molecule has 1 N–H and O–H groups in total. The Balaban J connectivity index is 0.00000162. The van der Waals surface area contributed by atoms with Crippen LogP contribution >= 0.6 is 24.8 Å². The fraction of sp³-hybridized carbons (Fsp3) is 0.538. The van der Waals surface area contributed by atoms with E-state index in [0.717, 1.165) is 18.7 Å². The zero-order valence-electron chi connectivity index (χ0n) is 10.8. The molecule has 0 saturated carbocycles. The van der Waals surface area contributed by atoms with Crippen LogP contribution in [0.25, 0.3) is 0 Å². The number of benzene rings is 1. The van der Waals surface area contributed by atoms with Crippen LogP contribution in [0.3, 0.4) is 0 Å². The molecule has 19 heavy (non-hydrogen) atoms. The molecule has 0 spiro atoms. The van der Waals surface area contributed by atoms with Gasteiger partial charge in [0.15, 0.2) is 0 Å². The maximum Gasteiger partial charge on any atom is 0.258 e. The maximum absolute atomic E-state index is 13.2. The standard InChI is InChI=1S/C13H18F2N2.2ClH/c1-10-2-4-11(5-3-10)12(13(14)15)17-8-6-16-7-9-17;;/h2-5,12-13,16H,6-9H2,1H3;2*1H/t12-;;/m0../s1. The molecule has 1 saturated heterocycles. The van der Waals surface area contributed by atoms with E-state index in [1.165, 1.54) is 0 Å². The average Bonchev–Trinajstić information content (AvgIpc) is 2.33. The second-order valence-corrected chi connectivity index (χ2v) is 4.48. The maximum atomic E-state index is 13.2. The van der Waals surface area contributed by atoms with Crippen molar-refractivity contribution in [3.63, 3.8) is 0 Å². The number of nitrogens with one attached hydrogen (secondary N) is 1. The molecular weight excluding hydrogens is 293 g/mol. The number of rotatable bonds is 3. The van der Waals surface area contributed by atoms with Crippen LogP contribution < -0.4 is 5.32 Å². The van der Waals surface area contributed by atoms with E-state index in [9.17, 15) is 8.78 Å². The van der Waals surface area contributed by atoms with Crippen molar-refractivity contribution in [1.29, 1.82) is 0 Å².